The predicted octanol–water partition coefficient (Wildman–Crippen LogP) is 2.45. The molecule has 0 aliphatic rings. The van der Waals surface area contributed by atoms with E-state index >= 15 is 0 Å². The molecule has 2 N–H and O–H groups in total. The summed E-state index contributed by atoms with van der Waals surface area (Å²) in [6.07, 6.45) is 0. The molecule has 2 aromatic carbocycles. The van der Waals surface area contributed by atoms with Gasteiger partial charge in [0.15, 0.2) is 0 Å². The molecule has 2 aromatic rings. The molecule has 0 aromatic heterocycles. The third-order valence-electron chi connectivity index (χ3n) is 3.56. The highest BCUT2D eigenvalue weighted by molar-refractivity contribution is 5.38. The van der Waals surface area contributed by atoms with Gasteiger partial charge in [-0.25, -0.2) is 0 Å². The molecule has 2 nitrogen and oxygen atoms in total. The Balaban J connectivity index is 2.61. The Morgan fingerprint density at radius 1 is 0.833 bits per heavy atom. The molecule has 2 heteroatoms. The van der Waals surface area contributed by atoms with Crippen molar-refractivity contribution in [2.45, 2.75) is 5.54 Å². The summed E-state index contributed by atoms with van der Waals surface area (Å²) in [6.45, 7) is 0.550. The van der Waals surface area contributed by atoms with E-state index in [0.717, 1.165) is 0 Å². The third kappa shape index (κ3) is 2.05. The number of hydrogen-bond donors (Lipinski definition) is 1. The van der Waals surface area contributed by atoms with Crippen LogP contribution in [-0.2, 0) is 5.54 Å². The zero-order valence-corrected chi connectivity index (χ0v) is 11.0. The van der Waals surface area contributed by atoms with E-state index in [2.05, 4.69) is 67.5 Å². The summed E-state index contributed by atoms with van der Waals surface area (Å²) in [5.74, 6) is 0. The largest absolute Gasteiger partial charge is 0.328 e. The van der Waals surface area contributed by atoms with E-state index in [1.165, 1.54) is 11.1 Å². The lowest BCUT2D eigenvalue weighted by Crippen LogP contribution is -2.48. The minimum absolute atomic E-state index is 0.261. The third-order valence-corrected chi connectivity index (χ3v) is 3.56. The topological polar surface area (TPSA) is 29.3 Å². The van der Waals surface area contributed by atoms with Crippen LogP contribution in [0.4, 0.5) is 0 Å². The Kier molecular flexibility index (Phi) is 3.80. The Hall–Kier alpha value is -1.64. The van der Waals surface area contributed by atoms with Crippen LogP contribution in [0.25, 0.3) is 0 Å². The average molecular weight is 240 g/mol. The summed E-state index contributed by atoms with van der Waals surface area (Å²) < 4.78 is 0. The van der Waals surface area contributed by atoms with Gasteiger partial charge in [-0.1, -0.05) is 60.7 Å². The van der Waals surface area contributed by atoms with E-state index in [1.54, 1.807) is 0 Å². The number of nitrogens with two attached hydrogens (primary N) is 1. The molecule has 0 radical (unpaired) electrons. The Labute approximate surface area is 109 Å². The van der Waals surface area contributed by atoms with Crippen LogP contribution < -0.4 is 5.73 Å². The van der Waals surface area contributed by atoms with Gasteiger partial charge in [-0.15, -0.1) is 0 Å². The van der Waals surface area contributed by atoms with Gasteiger partial charge in [0, 0.05) is 6.54 Å². The van der Waals surface area contributed by atoms with Gasteiger partial charge in [0.25, 0.3) is 0 Å². The maximum absolute atomic E-state index is 6.13. The lowest BCUT2D eigenvalue weighted by molar-refractivity contribution is 0.208. The summed E-state index contributed by atoms with van der Waals surface area (Å²) in [4.78, 5) is 2.19. The molecule has 0 saturated carbocycles. The monoisotopic (exact) mass is 240 g/mol. The summed E-state index contributed by atoms with van der Waals surface area (Å²) in [6, 6.07) is 20.9. The molecular formula is C16H20N2. The van der Waals surface area contributed by atoms with Crippen LogP contribution in [0.3, 0.4) is 0 Å². The van der Waals surface area contributed by atoms with Crippen LogP contribution in [0.2, 0.25) is 0 Å². The average Bonchev–Trinajstić information content (AvgIpc) is 2.42. The molecule has 0 unspecified atom stereocenters. The highest BCUT2D eigenvalue weighted by Crippen LogP contribution is 2.33. The van der Waals surface area contributed by atoms with Crippen molar-refractivity contribution in [3.8, 4) is 0 Å². The number of likely N-dealkylation sites (N-methyl/N-ethyl adjacent to an activating group) is 1. The second-order valence-corrected chi connectivity index (χ2v) is 4.69. The number of nitrogens with zero attached hydrogens (tertiary/aromatic N) is 1. The van der Waals surface area contributed by atoms with Crippen molar-refractivity contribution >= 4 is 0 Å². The second-order valence-electron chi connectivity index (χ2n) is 4.69. The first-order valence-electron chi connectivity index (χ1n) is 6.20. The summed E-state index contributed by atoms with van der Waals surface area (Å²) >= 11 is 0. The first-order chi connectivity index (χ1) is 8.71. The highest BCUT2D eigenvalue weighted by Gasteiger charge is 2.34. The zero-order valence-electron chi connectivity index (χ0n) is 11.0. The quantitative estimate of drug-likeness (QED) is 0.889. The molecule has 0 amide bonds. The van der Waals surface area contributed by atoms with Crippen molar-refractivity contribution in [2.24, 2.45) is 5.73 Å². The van der Waals surface area contributed by atoms with E-state index in [4.69, 9.17) is 5.73 Å². The zero-order chi connectivity index (χ0) is 13.0. The van der Waals surface area contributed by atoms with Crippen molar-refractivity contribution in [1.82, 2.24) is 4.90 Å². The van der Waals surface area contributed by atoms with Crippen LogP contribution >= 0.6 is 0 Å². The van der Waals surface area contributed by atoms with Gasteiger partial charge < -0.3 is 5.73 Å². The summed E-state index contributed by atoms with van der Waals surface area (Å²) in [5, 5.41) is 0. The molecule has 0 aliphatic carbocycles. The normalized spacial score (nSPS) is 11.8. The van der Waals surface area contributed by atoms with Crippen LogP contribution in [0, 0.1) is 0 Å². The Morgan fingerprint density at radius 3 is 1.50 bits per heavy atom. The predicted molar refractivity (Wildman–Crippen MR) is 76.4 cm³/mol. The fourth-order valence-corrected chi connectivity index (χ4v) is 2.53. The van der Waals surface area contributed by atoms with Crippen LogP contribution in [0.5, 0.6) is 0 Å². The van der Waals surface area contributed by atoms with Gasteiger partial charge in [-0.2, -0.15) is 0 Å². The SMILES string of the molecule is CN(C)C(CN)(c1ccccc1)c1ccccc1. The summed E-state index contributed by atoms with van der Waals surface area (Å²) in [5.41, 5.74) is 8.32. The van der Waals surface area contributed by atoms with Gasteiger partial charge in [0.05, 0.1) is 5.54 Å². The van der Waals surface area contributed by atoms with E-state index in [-0.39, 0.29) is 5.54 Å². The fraction of sp³-hybridized carbons (Fsp3) is 0.250. The molecule has 0 fully saturated rings. The molecule has 0 aliphatic heterocycles. The molecule has 0 bridgehead atoms. The van der Waals surface area contributed by atoms with Crippen molar-refractivity contribution in [3.63, 3.8) is 0 Å². The van der Waals surface area contributed by atoms with E-state index in [0.29, 0.717) is 6.54 Å². The smallest absolute Gasteiger partial charge is 0.0834 e. The van der Waals surface area contributed by atoms with Gasteiger partial charge >= 0.3 is 0 Å². The van der Waals surface area contributed by atoms with E-state index < -0.39 is 0 Å². The molecule has 0 spiro atoms. The van der Waals surface area contributed by atoms with Crippen LogP contribution in [0.1, 0.15) is 11.1 Å². The first kappa shape index (κ1) is 12.8. The van der Waals surface area contributed by atoms with Crippen molar-refractivity contribution < 1.29 is 0 Å². The Bertz CT molecular complexity index is 437. The molecule has 18 heavy (non-hydrogen) atoms. The Morgan fingerprint density at radius 2 is 1.22 bits per heavy atom. The lowest BCUT2D eigenvalue weighted by Gasteiger charge is -2.40. The van der Waals surface area contributed by atoms with Crippen molar-refractivity contribution in [2.75, 3.05) is 20.6 Å². The number of benzene rings is 2. The lowest BCUT2D eigenvalue weighted by atomic mass is 9.82. The van der Waals surface area contributed by atoms with E-state index in [9.17, 15) is 0 Å². The molecule has 0 heterocycles. The molecule has 2 rings (SSSR count). The molecular weight excluding hydrogens is 220 g/mol. The van der Waals surface area contributed by atoms with E-state index in [1.807, 2.05) is 12.1 Å². The van der Waals surface area contributed by atoms with Gasteiger partial charge in [-0.3, -0.25) is 4.90 Å². The van der Waals surface area contributed by atoms with Crippen LogP contribution in [0.15, 0.2) is 60.7 Å². The minimum atomic E-state index is -0.261. The summed E-state index contributed by atoms with van der Waals surface area (Å²) in [7, 11) is 4.15. The molecule has 0 saturated heterocycles. The maximum Gasteiger partial charge on any atom is 0.0834 e. The van der Waals surface area contributed by atoms with Crippen LogP contribution in [-0.4, -0.2) is 25.5 Å². The van der Waals surface area contributed by atoms with Gasteiger partial charge in [0.2, 0.25) is 0 Å². The second kappa shape index (κ2) is 5.34. The van der Waals surface area contributed by atoms with Crippen molar-refractivity contribution in [1.29, 1.82) is 0 Å². The minimum Gasteiger partial charge on any atom is -0.328 e. The molecule has 94 valence electrons. The number of hydrogen-bond acceptors (Lipinski definition) is 2. The number of rotatable bonds is 4. The first-order valence-corrected chi connectivity index (χ1v) is 6.20. The highest BCUT2D eigenvalue weighted by atomic mass is 15.2. The standard InChI is InChI=1S/C16H20N2/c1-18(2)16(13-17,14-9-5-3-6-10-14)15-11-7-4-8-12-15/h3-12H,13,17H2,1-2H3. The molecule has 0 atom stereocenters. The fourth-order valence-electron chi connectivity index (χ4n) is 2.53. The van der Waals surface area contributed by atoms with Gasteiger partial charge in [-0.05, 0) is 25.2 Å². The van der Waals surface area contributed by atoms with Crippen molar-refractivity contribution in [3.05, 3.63) is 71.8 Å². The maximum atomic E-state index is 6.13. The van der Waals surface area contributed by atoms with Gasteiger partial charge in [0.1, 0.15) is 0 Å².